The number of benzene rings is 2. The van der Waals surface area contributed by atoms with Gasteiger partial charge in [0.2, 0.25) is 5.95 Å². The number of nitrogens with one attached hydrogen (secondary N) is 2. The van der Waals surface area contributed by atoms with Gasteiger partial charge in [-0.15, -0.1) is 0 Å². The molecule has 10 nitrogen and oxygen atoms in total. The Bertz CT molecular complexity index is 1500. The zero-order valence-corrected chi connectivity index (χ0v) is 21.9. The molecule has 0 aliphatic carbocycles. The number of nitrogen functional groups attached to an aromatic ring is 1. The fourth-order valence-electron chi connectivity index (χ4n) is 5.00. The molecule has 6 rings (SSSR count). The summed E-state index contributed by atoms with van der Waals surface area (Å²) in [6.45, 7) is 3.33. The van der Waals surface area contributed by atoms with Crippen LogP contribution in [0.4, 0.5) is 23.0 Å². The van der Waals surface area contributed by atoms with Crippen LogP contribution in [0, 0.1) is 11.3 Å². The number of methoxy groups -OCH3 is 1. The zero-order chi connectivity index (χ0) is 26.6. The molecule has 4 heterocycles. The quantitative estimate of drug-likeness (QED) is 0.338. The molecule has 1 fully saturated rings. The van der Waals surface area contributed by atoms with E-state index in [1.54, 1.807) is 13.3 Å². The van der Waals surface area contributed by atoms with Crippen molar-refractivity contribution in [1.82, 2.24) is 19.9 Å². The van der Waals surface area contributed by atoms with Crippen molar-refractivity contribution in [2.45, 2.75) is 19.4 Å². The van der Waals surface area contributed by atoms with Crippen LogP contribution in [0.25, 0.3) is 22.2 Å². The maximum atomic E-state index is 9.79. The average Bonchev–Trinajstić information content (AvgIpc) is 3.59. The van der Waals surface area contributed by atoms with Crippen molar-refractivity contribution in [3.8, 4) is 28.8 Å². The Morgan fingerprint density at radius 1 is 1.16 bits per heavy atom. The molecule has 2 aromatic carbocycles. The molecule has 196 valence electrons. The second-order valence-electron chi connectivity index (χ2n) is 9.24. The third kappa shape index (κ3) is 4.64. The number of ether oxygens (including phenoxy) is 2. The number of nitrogens with zero attached hydrogens (tertiary/aromatic N) is 5. The Balaban J connectivity index is 0.000000937. The molecule has 10 heteroatoms. The van der Waals surface area contributed by atoms with Crippen LogP contribution in [0.5, 0.6) is 11.5 Å². The second kappa shape index (κ2) is 10.9. The van der Waals surface area contributed by atoms with Crippen LogP contribution >= 0.6 is 0 Å². The van der Waals surface area contributed by atoms with E-state index in [0.717, 1.165) is 60.4 Å². The maximum absolute atomic E-state index is 9.79. The summed E-state index contributed by atoms with van der Waals surface area (Å²) in [5.41, 5.74) is 11.6. The minimum absolute atomic E-state index is 0.355. The van der Waals surface area contributed by atoms with Gasteiger partial charge < -0.3 is 35.3 Å². The zero-order valence-electron chi connectivity index (χ0n) is 21.9. The van der Waals surface area contributed by atoms with Crippen LogP contribution < -0.4 is 30.7 Å². The molecule has 2 aliphatic heterocycles. The van der Waals surface area contributed by atoms with Gasteiger partial charge in [-0.25, -0.2) is 9.97 Å². The van der Waals surface area contributed by atoms with Gasteiger partial charge in [0.25, 0.3) is 0 Å². The SMILES string of the molecule is CNC.COc1cc(N2CCCC2)c(N)cc1Nc1ncc(C#N)c(-c2cn3c4c(cccc24)OCC3)n1. The highest BCUT2D eigenvalue weighted by Gasteiger charge is 2.22. The van der Waals surface area contributed by atoms with Gasteiger partial charge in [0, 0.05) is 36.3 Å². The van der Waals surface area contributed by atoms with Crippen molar-refractivity contribution in [1.29, 1.82) is 5.26 Å². The first-order valence-corrected chi connectivity index (χ1v) is 12.7. The van der Waals surface area contributed by atoms with Gasteiger partial charge in [0.1, 0.15) is 24.2 Å². The molecular formula is C28H32N8O2. The molecule has 1 saturated heterocycles. The number of nitrogens with two attached hydrogens (primary N) is 1. The van der Waals surface area contributed by atoms with E-state index in [-0.39, 0.29) is 0 Å². The fourth-order valence-corrected chi connectivity index (χ4v) is 5.00. The second-order valence-corrected chi connectivity index (χ2v) is 9.24. The standard InChI is InChI=1S/C26H25N7O2.C2H7N/c1-34-23-12-21(32-7-2-3-8-32)19(28)11-20(23)30-26-29-14-16(13-27)24(31-26)18-15-33-9-10-35-22-6-4-5-17(18)25(22)33;1-3-2/h4-6,11-12,14-15H,2-3,7-10,28H2,1H3,(H,29,30,31);3H,1-2H3. The number of para-hydroxylation sites is 1. The lowest BCUT2D eigenvalue weighted by molar-refractivity contribution is 0.287. The number of hydrogen-bond donors (Lipinski definition) is 3. The van der Waals surface area contributed by atoms with E-state index in [9.17, 15) is 5.26 Å². The highest BCUT2D eigenvalue weighted by atomic mass is 16.5. The van der Waals surface area contributed by atoms with Gasteiger partial charge in [-0.05, 0) is 39.1 Å². The number of rotatable bonds is 5. The van der Waals surface area contributed by atoms with Crippen LogP contribution in [0.15, 0.2) is 42.7 Å². The van der Waals surface area contributed by atoms with Gasteiger partial charge >= 0.3 is 0 Å². The van der Waals surface area contributed by atoms with E-state index in [0.29, 0.717) is 40.9 Å². The Kier molecular flexibility index (Phi) is 7.20. The Morgan fingerprint density at radius 2 is 1.95 bits per heavy atom. The monoisotopic (exact) mass is 512 g/mol. The largest absolute Gasteiger partial charge is 0.494 e. The van der Waals surface area contributed by atoms with Crippen molar-refractivity contribution in [3.05, 3.63) is 48.3 Å². The number of nitriles is 1. The molecule has 2 aliphatic rings. The maximum Gasteiger partial charge on any atom is 0.227 e. The van der Waals surface area contributed by atoms with Crippen molar-refractivity contribution >= 4 is 33.9 Å². The fraction of sp³-hybridized carbons (Fsp3) is 0.321. The lowest BCUT2D eigenvalue weighted by atomic mass is 10.1. The van der Waals surface area contributed by atoms with E-state index in [4.69, 9.17) is 20.2 Å². The summed E-state index contributed by atoms with van der Waals surface area (Å²) < 4.78 is 13.6. The topological polar surface area (TPSA) is 126 Å². The lowest BCUT2D eigenvalue weighted by Crippen LogP contribution is -2.19. The molecular weight excluding hydrogens is 480 g/mol. The van der Waals surface area contributed by atoms with E-state index in [1.807, 2.05) is 50.6 Å². The van der Waals surface area contributed by atoms with E-state index in [1.165, 1.54) is 0 Å². The first-order valence-electron chi connectivity index (χ1n) is 12.7. The molecule has 4 N–H and O–H groups in total. The van der Waals surface area contributed by atoms with Crippen molar-refractivity contribution in [2.75, 3.05) is 56.9 Å². The van der Waals surface area contributed by atoms with Crippen molar-refractivity contribution in [3.63, 3.8) is 0 Å². The van der Waals surface area contributed by atoms with Crippen LogP contribution in [-0.4, -0.2) is 55.4 Å². The number of aromatic nitrogens is 3. The Morgan fingerprint density at radius 3 is 2.68 bits per heavy atom. The molecule has 0 unspecified atom stereocenters. The predicted octanol–water partition coefficient (Wildman–Crippen LogP) is 4.13. The van der Waals surface area contributed by atoms with Crippen LogP contribution in [-0.2, 0) is 6.54 Å². The molecule has 0 atom stereocenters. The summed E-state index contributed by atoms with van der Waals surface area (Å²) in [7, 11) is 5.38. The molecule has 0 amide bonds. The molecule has 38 heavy (non-hydrogen) atoms. The highest BCUT2D eigenvalue weighted by Crippen LogP contribution is 2.40. The Labute approximate surface area is 222 Å². The predicted molar refractivity (Wildman–Crippen MR) is 150 cm³/mol. The molecule has 0 saturated carbocycles. The molecule has 4 aromatic rings. The van der Waals surface area contributed by atoms with E-state index < -0.39 is 0 Å². The summed E-state index contributed by atoms with van der Waals surface area (Å²) >= 11 is 0. The molecule has 0 bridgehead atoms. The van der Waals surface area contributed by atoms with Gasteiger partial charge in [0.15, 0.2) is 0 Å². The minimum atomic E-state index is 0.355. The highest BCUT2D eigenvalue weighted by molar-refractivity contribution is 5.99. The summed E-state index contributed by atoms with van der Waals surface area (Å²) in [6, 6.07) is 12.0. The minimum Gasteiger partial charge on any atom is -0.494 e. The third-order valence-electron chi connectivity index (χ3n) is 6.66. The summed E-state index contributed by atoms with van der Waals surface area (Å²) in [6.07, 6.45) is 5.90. The molecule has 0 spiro atoms. The molecule has 0 radical (unpaired) electrons. The molecule has 2 aromatic heterocycles. The van der Waals surface area contributed by atoms with E-state index in [2.05, 4.69) is 31.2 Å². The normalized spacial score (nSPS) is 13.9. The van der Waals surface area contributed by atoms with Gasteiger partial charge in [0.05, 0.1) is 53.7 Å². The number of anilines is 4. The first-order chi connectivity index (χ1) is 18.6. The summed E-state index contributed by atoms with van der Waals surface area (Å²) in [5.74, 6) is 1.85. The lowest BCUT2D eigenvalue weighted by Gasteiger charge is -2.22. The van der Waals surface area contributed by atoms with Crippen molar-refractivity contribution in [2.24, 2.45) is 0 Å². The third-order valence-corrected chi connectivity index (χ3v) is 6.66. The Hall–Kier alpha value is -4.49. The number of hydrogen-bond acceptors (Lipinski definition) is 9. The summed E-state index contributed by atoms with van der Waals surface area (Å²) in [4.78, 5) is 11.4. The van der Waals surface area contributed by atoms with E-state index >= 15 is 0 Å². The van der Waals surface area contributed by atoms with Crippen LogP contribution in [0.3, 0.4) is 0 Å². The first kappa shape index (κ1) is 25.2. The van der Waals surface area contributed by atoms with Crippen molar-refractivity contribution < 1.29 is 9.47 Å². The summed E-state index contributed by atoms with van der Waals surface area (Å²) in [5, 5.41) is 16.8. The van der Waals surface area contributed by atoms with Crippen LogP contribution in [0.1, 0.15) is 18.4 Å². The average molecular weight is 513 g/mol. The van der Waals surface area contributed by atoms with Crippen LogP contribution in [0.2, 0.25) is 0 Å². The van der Waals surface area contributed by atoms with Gasteiger partial charge in [-0.1, -0.05) is 12.1 Å². The van der Waals surface area contributed by atoms with Gasteiger partial charge in [-0.3, -0.25) is 0 Å². The smallest absolute Gasteiger partial charge is 0.227 e. The van der Waals surface area contributed by atoms with Gasteiger partial charge in [-0.2, -0.15) is 5.26 Å².